The molecule has 0 aliphatic heterocycles. The summed E-state index contributed by atoms with van der Waals surface area (Å²) in [5.74, 6) is 0.879. The normalized spacial score (nSPS) is 17.3. The molecule has 1 aliphatic rings. The first-order valence-electron chi connectivity index (χ1n) is 7.40. The van der Waals surface area contributed by atoms with Crippen molar-refractivity contribution >= 4 is 17.3 Å². The highest BCUT2D eigenvalue weighted by Gasteiger charge is 2.15. The Hall–Kier alpha value is -1.29. The van der Waals surface area contributed by atoms with Crippen LogP contribution in [0.5, 0.6) is 5.75 Å². The Balaban J connectivity index is 1.82. The molecule has 1 saturated carbocycles. The molecule has 0 amide bonds. The molecule has 2 N–H and O–H groups in total. The Labute approximate surface area is 127 Å². The molecule has 0 unspecified atom stereocenters. The molecule has 1 aliphatic carbocycles. The number of rotatable bonds is 4. The Morgan fingerprint density at radius 2 is 1.85 bits per heavy atom. The average Bonchev–Trinajstić information content (AvgIpc) is 2.48. The first-order chi connectivity index (χ1) is 9.69. The summed E-state index contributed by atoms with van der Waals surface area (Å²) in [7, 11) is 1.68. The molecule has 0 spiro atoms. The molecule has 3 nitrogen and oxygen atoms in total. The highest BCUT2D eigenvalue weighted by atomic mass is 32.1. The Morgan fingerprint density at radius 1 is 1.20 bits per heavy atom. The molecule has 0 saturated heterocycles. The van der Waals surface area contributed by atoms with E-state index in [2.05, 4.69) is 29.7 Å². The average molecular weight is 292 g/mol. The van der Waals surface area contributed by atoms with Crippen LogP contribution in [0.1, 0.15) is 50.6 Å². The predicted octanol–water partition coefficient (Wildman–Crippen LogP) is 3.55. The van der Waals surface area contributed by atoms with E-state index in [1.54, 1.807) is 7.11 Å². The van der Waals surface area contributed by atoms with Gasteiger partial charge in [-0.2, -0.15) is 0 Å². The number of benzene rings is 1. The van der Waals surface area contributed by atoms with Crippen LogP contribution in [0.2, 0.25) is 0 Å². The van der Waals surface area contributed by atoms with Crippen LogP contribution in [-0.4, -0.2) is 18.3 Å². The van der Waals surface area contributed by atoms with Gasteiger partial charge >= 0.3 is 0 Å². The maximum Gasteiger partial charge on any atom is 0.166 e. The summed E-state index contributed by atoms with van der Waals surface area (Å²) in [6, 6.07) is 8.84. The Kier molecular flexibility index (Phi) is 5.65. The standard InChI is InChI=1S/C16H24N2OS/c1-12(13-8-10-15(19-2)11-9-13)17-16(20)18-14-6-4-3-5-7-14/h8-12,14H,3-7H2,1-2H3,(H2,17,18,20)/t12-/m0/s1. The van der Waals surface area contributed by atoms with E-state index in [4.69, 9.17) is 17.0 Å². The number of thiocarbonyl (C=S) groups is 1. The zero-order valence-corrected chi connectivity index (χ0v) is 13.1. The van der Waals surface area contributed by atoms with E-state index in [1.165, 1.54) is 37.7 Å². The zero-order chi connectivity index (χ0) is 14.4. The molecule has 0 aromatic heterocycles. The van der Waals surface area contributed by atoms with Gasteiger partial charge in [0, 0.05) is 6.04 Å². The molecule has 0 heterocycles. The van der Waals surface area contributed by atoms with E-state index < -0.39 is 0 Å². The summed E-state index contributed by atoms with van der Waals surface area (Å²) in [5.41, 5.74) is 1.21. The zero-order valence-electron chi connectivity index (χ0n) is 12.3. The molecule has 110 valence electrons. The molecule has 0 bridgehead atoms. The molecule has 0 radical (unpaired) electrons. The largest absolute Gasteiger partial charge is 0.497 e. The number of nitrogens with one attached hydrogen (secondary N) is 2. The van der Waals surface area contributed by atoms with Crippen molar-refractivity contribution in [2.24, 2.45) is 0 Å². The number of hydrogen-bond acceptors (Lipinski definition) is 2. The lowest BCUT2D eigenvalue weighted by atomic mass is 9.96. The van der Waals surface area contributed by atoms with Crippen LogP contribution in [0, 0.1) is 0 Å². The summed E-state index contributed by atoms with van der Waals surface area (Å²) < 4.78 is 5.17. The highest BCUT2D eigenvalue weighted by molar-refractivity contribution is 7.80. The SMILES string of the molecule is COc1ccc([C@H](C)NC(=S)NC2CCCCC2)cc1. The monoisotopic (exact) mass is 292 g/mol. The van der Waals surface area contributed by atoms with E-state index in [0.29, 0.717) is 6.04 Å². The summed E-state index contributed by atoms with van der Waals surface area (Å²) >= 11 is 5.41. The van der Waals surface area contributed by atoms with Crippen LogP contribution in [0.4, 0.5) is 0 Å². The van der Waals surface area contributed by atoms with E-state index in [9.17, 15) is 0 Å². The topological polar surface area (TPSA) is 33.3 Å². The highest BCUT2D eigenvalue weighted by Crippen LogP contribution is 2.19. The lowest BCUT2D eigenvalue weighted by molar-refractivity contribution is 0.410. The van der Waals surface area contributed by atoms with Crippen LogP contribution in [-0.2, 0) is 0 Å². The molecule has 1 fully saturated rings. The van der Waals surface area contributed by atoms with Crippen molar-refractivity contribution < 1.29 is 4.74 Å². The number of methoxy groups -OCH3 is 1. The lowest BCUT2D eigenvalue weighted by Gasteiger charge is -2.26. The minimum absolute atomic E-state index is 0.199. The van der Waals surface area contributed by atoms with Gasteiger partial charge in [-0.25, -0.2) is 0 Å². The van der Waals surface area contributed by atoms with Crippen LogP contribution in [0.25, 0.3) is 0 Å². The smallest absolute Gasteiger partial charge is 0.166 e. The molecule has 20 heavy (non-hydrogen) atoms. The summed E-state index contributed by atoms with van der Waals surface area (Å²) in [6.07, 6.45) is 6.46. The van der Waals surface area contributed by atoms with Gasteiger partial charge in [0.15, 0.2) is 5.11 Å². The quantitative estimate of drug-likeness (QED) is 0.832. The van der Waals surface area contributed by atoms with Gasteiger partial charge in [0.05, 0.1) is 13.2 Å². The Bertz CT molecular complexity index is 427. The third kappa shape index (κ3) is 4.37. The van der Waals surface area contributed by atoms with Gasteiger partial charge < -0.3 is 15.4 Å². The second-order valence-electron chi connectivity index (χ2n) is 5.45. The third-order valence-corrected chi connectivity index (χ3v) is 4.14. The van der Waals surface area contributed by atoms with Gasteiger partial charge in [0.2, 0.25) is 0 Å². The molecule has 1 aromatic rings. The summed E-state index contributed by atoms with van der Waals surface area (Å²) in [6.45, 7) is 2.12. The minimum Gasteiger partial charge on any atom is -0.497 e. The van der Waals surface area contributed by atoms with E-state index in [0.717, 1.165) is 10.9 Å². The maximum absolute atomic E-state index is 5.41. The van der Waals surface area contributed by atoms with E-state index in [1.807, 2.05) is 12.1 Å². The van der Waals surface area contributed by atoms with Gasteiger partial charge in [-0.15, -0.1) is 0 Å². The first kappa shape index (κ1) is 15.1. The minimum atomic E-state index is 0.199. The van der Waals surface area contributed by atoms with Gasteiger partial charge in [-0.3, -0.25) is 0 Å². The van der Waals surface area contributed by atoms with Crippen LogP contribution >= 0.6 is 12.2 Å². The first-order valence-corrected chi connectivity index (χ1v) is 7.81. The second-order valence-corrected chi connectivity index (χ2v) is 5.86. The fourth-order valence-electron chi connectivity index (χ4n) is 2.65. The summed E-state index contributed by atoms with van der Waals surface area (Å²) in [5, 5.41) is 7.56. The van der Waals surface area contributed by atoms with Crippen LogP contribution in [0.15, 0.2) is 24.3 Å². The lowest BCUT2D eigenvalue weighted by Crippen LogP contribution is -2.43. The van der Waals surface area contributed by atoms with Gasteiger partial charge in [0.1, 0.15) is 5.75 Å². The van der Waals surface area contributed by atoms with Crippen LogP contribution < -0.4 is 15.4 Å². The van der Waals surface area contributed by atoms with Crippen molar-refractivity contribution in [1.29, 1.82) is 0 Å². The predicted molar refractivity (Wildman–Crippen MR) is 87.2 cm³/mol. The third-order valence-electron chi connectivity index (χ3n) is 3.90. The van der Waals surface area contributed by atoms with Crippen LogP contribution in [0.3, 0.4) is 0 Å². The molecular weight excluding hydrogens is 268 g/mol. The van der Waals surface area contributed by atoms with Crippen molar-refractivity contribution in [1.82, 2.24) is 10.6 Å². The molecule has 4 heteroatoms. The van der Waals surface area contributed by atoms with E-state index in [-0.39, 0.29) is 6.04 Å². The molecule has 1 aromatic carbocycles. The van der Waals surface area contributed by atoms with Crippen molar-refractivity contribution in [2.45, 2.75) is 51.1 Å². The fourth-order valence-corrected chi connectivity index (χ4v) is 2.99. The van der Waals surface area contributed by atoms with Gasteiger partial charge in [-0.05, 0) is 49.7 Å². The number of ether oxygens (including phenoxy) is 1. The molecule has 1 atom stereocenters. The van der Waals surface area contributed by atoms with Crippen molar-refractivity contribution in [2.75, 3.05) is 7.11 Å². The molecular formula is C16H24N2OS. The van der Waals surface area contributed by atoms with Crippen molar-refractivity contribution in [3.05, 3.63) is 29.8 Å². The van der Waals surface area contributed by atoms with Crippen molar-refractivity contribution in [3.63, 3.8) is 0 Å². The number of hydrogen-bond donors (Lipinski definition) is 2. The van der Waals surface area contributed by atoms with Gasteiger partial charge in [0.25, 0.3) is 0 Å². The maximum atomic E-state index is 5.41. The van der Waals surface area contributed by atoms with E-state index >= 15 is 0 Å². The molecule has 2 rings (SSSR count). The Morgan fingerprint density at radius 3 is 2.45 bits per heavy atom. The second kappa shape index (κ2) is 7.48. The summed E-state index contributed by atoms with van der Waals surface area (Å²) in [4.78, 5) is 0. The fraction of sp³-hybridized carbons (Fsp3) is 0.562. The van der Waals surface area contributed by atoms with Gasteiger partial charge in [-0.1, -0.05) is 31.4 Å². The van der Waals surface area contributed by atoms with Crippen molar-refractivity contribution in [3.8, 4) is 5.75 Å².